The van der Waals surface area contributed by atoms with Gasteiger partial charge in [-0.2, -0.15) is 0 Å². The van der Waals surface area contributed by atoms with Crippen LogP contribution < -0.4 is 5.32 Å². The summed E-state index contributed by atoms with van der Waals surface area (Å²) in [6, 6.07) is 12.4. The third-order valence-corrected chi connectivity index (χ3v) is 5.79. The van der Waals surface area contributed by atoms with Crippen molar-refractivity contribution in [2.75, 3.05) is 13.2 Å². The Bertz CT molecular complexity index is 698. The van der Waals surface area contributed by atoms with Gasteiger partial charge in [0.05, 0.1) is 19.2 Å². The average molecular weight is 344 g/mol. The van der Waals surface area contributed by atoms with Gasteiger partial charge >= 0.3 is 6.03 Å². The van der Waals surface area contributed by atoms with Gasteiger partial charge < -0.3 is 15.3 Å². The van der Waals surface area contributed by atoms with E-state index in [4.69, 9.17) is 0 Å². The number of benzene rings is 1. The van der Waals surface area contributed by atoms with Gasteiger partial charge in [-0.15, -0.1) is 11.3 Å². The number of nitrogens with one attached hydrogen (secondary N) is 1. The summed E-state index contributed by atoms with van der Waals surface area (Å²) in [6.07, 6.45) is 2.93. The molecule has 1 atom stereocenters. The largest absolute Gasteiger partial charge is 0.395 e. The molecule has 24 heavy (non-hydrogen) atoms. The Morgan fingerprint density at radius 1 is 1.29 bits per heavy atom. The highest BCUT2D eigenvalue weighted by Crippen LogP contribution is 2.35. The summed E-state index contributed by atoms with van der Waals surface area (Å²) in [5.74, 6) is 0. The van der Waals surface area contributed by atoms with Crippen molar-refractivity contribution in [3.05, 3.63) is 57.3 Å². The zero-order valence-corrected chi connectivity index (χ0v) is 14.8. The highest BCUT2D eigenvalue weighted by atomic mass is 32.1. The van der Waals surface area contributed by atoms with Crippen LogP contribution in [0.3, 0.4) is 0 Å². The van der Waals surface area contributed by atoms with E-state index in [1.807, 2.05) is 12.1 Å². The van der Waals surface area contributed by atoms with E-state index in [2.05, 4.69) is 36.5 Å². The van der Waals surface area contributed by atoms with Crippen LogP contribution in [0.15, 0.2) is 36.4 Å². The molecule has 1 unspecified atom stereocenters. The van der Waals surface area contributed by atoms with Crippen molar-refractivity contribution in [3.63, 3.8) is 0 Å². The number of carbonyl (C=O) groups is 1. The Hall–Kier alpha value is -1.85. The average Bonchev–Trinajstić information content (AvgIpc) is 3.24. The molecule has 0 radical (unpaired) electrons. The quantitative estimate of drug-likeness (QED) is 0.843. The van der Waals surface area contributed by atoms with Crippen molar-refractivity contribution < 1.29 is 9.90 Å². The Morgan fingerprint density at radius 2 is 2.08 bits per heavy atom. The molecule has 0 aliphatic heterocycles. The SMILES string of the molecule is CCc1ccc(CNC(=O)N(CCO)C2CCc3ccccc32)s1. The number of rotatable bonds is 6. The number of nitrogens with zero attached hydrogens (tertiary/aromatic N) is 1. The van der Waals surface area contributed by atoms with Crippen LogP contribution >= 0.6 is 11.3 Å². The molecule has 0 bridgehead atoms. The number of hydrogen-bond donors (Lipinski definition) is 2. The second kappa shape index (κ2) is 7.81. The van der Waals surface area contributed by atoms with E-state index >= 15 is 0 Å². The standard InChI is InChI=1S/C19H24N2O2S/c1-2-15-8-9-16(24-15)13-20-19(23)21(11-12-22)18-10-7-14-5-3-4-6-17(14)18/h3-6,8-9,18,22H,2,7,10-13H2,1H3,(H,20,23). The number of aryl methyl sites for hydroxylation is 2. The summed E-state index contributed by atoms with van der Waals surface area (Å²) in [5.41, 5.74) is 2.52. The number of aliphatic hydroxyl groups excluding tert-OH is 1. The van der Waals surface area contributed by atoms with Gasteiger partial charge in [-0.1, -0.05) is 31.2 Å². The number of urea groups is 1. The first-order valence-electron chi connectivity index (χ1n) is 8.53. The summed E-state index contributed by atoms with van der Waals surface area (Å²) >= 11 is 1.74. The Balaban J connectivity index is 1.68. The van der Waals surface area contributed by atoms with Gasteiger partial charge in [0.1, 0.15) is 0 Å². The third kappa shape index (κ3) is 3.62. The van der Waals surface area contributed by atoms with Crippen LogP contribution in [-0.4, -0.2) is 29.2 Å². The fraction of sp³-hybridized carbons (Fsp3) is 0.421. The molecule has 1 aromatic heterocycles. The van der Waals surface area contributed by atoms with Gasteiger partial charge in [0.2, 0.25) is 0 Å². The molecule has 0 spiro atoms. The minimum Gasteiger partial charge on any atom is -0.395 e. The maximum Gasteiger partial charge on any atom is 0.318 e. The van der Waals surface area contributed by atoms with E-state index in [1.165, 1.54) is 16.0 Å². The molecule has 0 saturated carbocycles. The molecule has 1 heterocycles. The van der Waals surface area contributed by atoms with Gasteiger partial charge in [-0.25, -0.2) is 4.79 Å². The highest BCUT2D eigenvalue weighted by Gasteiger charge is 2.30. The first-order chi connectivity index (χ1) is 11.7. The van der Waals surface area contributed by atoms with Crippen LogP contribution in [-0.2, 0) is 19.4 Å². The minimum atomic E-state index is -0.0998. The van der Waals surface area contributed by atoms with Crippen molar-refractivity contribution in [3.8, 4) is 0 Å². The molecule has 1 aliphatic rings. The van der Waals surface area contributed by atoms with Crippen LogP contribution in [0.4, 0.5) is 4.79 Å². The zero-order chi connectivity index (χ0) is 16.9. The maximum atomic E-state index is 12.7. The number of carbonyl (C=O) groups excluding carboxylic acids is 1. The van der Waals surface area contributed by atoms with Crippen molar-refractivity contribution in [2.24, 2.45) is 0 Å². The molecule has 2 amide bonds. The Morgan fingerprint density at radius 3 is 2.83 bits per heavy atom. The summed E-state index contributed by atoms with van der Waals surface area (Å²) < 4.78 is 0. The fourth-order valence-electron chi connectivity index (χ4n) is 3.34. The zero-order valence-electron chi connectivity index (χ0n) is 14.0. The number of thiophene rings is 1. The van der Waals surface area contributed by atoms with Crippen LogP contribution in [0, 0.1) is 0 Å². The molecule has 5 heteroatoms. The molecule has 0 fully saturated rings. The monoisotopic (exact) mass is 344 g/mol. The van der Waals surface area contributed by atoms with E-state index in [-0.39, 0.29) is 18.7 Å². The topological polar surface area (TPSA) is 52.6 Å². The predicted molar refractivity (Wildman–Crippen MR) is 97.2 cm³/mol. The van der Waals surface area contributed by atoms with Crippen LogP contribution in [0.25, 0.3) is 0 Å². The lowest BCUT2D eigenvalue weighted by molar-refractivity contribution is 0.151. The molecule has 1 aromatic carbocycles. The van der Waals surface area contributed by atoms with Crippen LogP contribution in [0.5, 0.6) is 0 Å². The lowest BCUT2D eigenvalue weighted by Crippen LogP contribution is -2.42. The van der Waals surface area contributed by atoms with Gasteiger partial charge in [-0.3, -0.25) is 0 Å². The normalized spacial score (nSPS) is 16.0. The Kier molecular flexibility index (Phi) is 5.53. The van der Waals surface area contributed by atoms with Crippen molar-refractivity contribution >= 4 is 17.4 Å². The van der Waals surface area contributed by atoms with E-state index in [0.29, 0.717) is 13.1 Å². The van der Waals surface area contributed by atoms with Gasteiger partial charge in [-0.05, 0) is 42.5 Å². The number of hydrogen-bond acceptors (Lipinski definition) is 3. The highest BCUT2D eigenvalue weighted by molar-refractivity contribution is 7.11. The smallest absolute Gasteiger partial charge is 0.318 e. The number of fused-ring (bicyclic) bond motifs is 1. The fourth-order valence-corrected chi connectivity index (χ4v) is 4.23. The van der Waals surface area contributed by atoms with E-state index in [9.17, 15) is 9.90 Å². The van der Waals surface area contributed by atoms with E-state index in [1.54, 1.807) is 16.2 Å². The van der Waals surface area contributed by atoms with Gasteiger partial charge in [0, 0.05) is 16.3 Å². The number of amides is 2. The molecular formula is C19H24N2O2S. The van der Waals surface area contributed by atoms with Gasteiger partial charge in [0.15, 0.2) is 0 Å². The molecule has 2 N–H and O–H groups in total. The molecule has 4 nitrogen and oxygen atoms in total. The van der Waals surface area contributed by atoms with E-state index in [0.717, 1.165) is 24.1 Å². The summed E-state index contributed by atoms with van der Waals surface area (Å²) in [5, 5.41) is 12.4. The predicted octanol–water partition coefficient (Wildman–Crippen LogP) is 3.50. The van der Waals surface area contributed by atoms with Crippen molar-refractivity contribution in [1.29, 1.82) is 0 Å². The van der Waals surface area contributed by atoms with Crippen LogP contribution in [0.2, 0.25) is 0 Å². The first kappa shape index (κ1) is 17.0. The molecule has 1 aliphatic carbocycles. The first-order valence-corrected chi connectivity index (χ1v) is 9.35. The Labute approximate surface area is 147 Å². The van der Waals surface area contributed by atoms with Gasteiger partial charge in [0.25, 0.3) is 0 Å². The summed E-state index contributed by atoms with van der Waals surface area (Å²) in [4.78, 5) is 17.0. The molecular weight excluding hydrogens is 320 g/mol. The minimum absolute atomic E-state index is 0.0227. The van der Waals surface area contributed by atoms with Crippen molar-refractivity contribution in [1.82, 2.24) is 10.2 Å². The summed E-state index contributed by atoms with van der Waals surface area (Å²) in [6.45, 7) is 3.01. The maximum absolute atomic E-state index is 12.7. The second-order valence-corrected chi connectivity index (χ2v) is 7.30. The van der Waals surface area contributed by atoms with E-state index < -0.39 is 0 Å². The van der Waals surface area contributed by atoms with Crippen LogP contribution in [0.1, 0.15) is 40.3 Å². The number of aliphatic hydroxyl groups is 1. The molecule has 0 saturated heterocycles. The lowest BCUT2D eigenvalue weighted by Gasteiger charge is -2.29. The lowest BCUT2D eigenvalue weighted by atomic mass is 10.1. The second-order valence-electron chi connectivity index (χ2n) is 6.05. The third-order valence-electron chi connectivity index (χ3n) is 4.56. The summed E-state index contributed by atoms with van der Waals surface area (Å²) in [7, 11) is 0. The van der Waals surface area contributed by atoms with Crippen molar-refractivity contribution in [2.45, 2.75) is 38.8 Å². The molecule has 128 valence electrons. The molecule has 3 rings (SSSR count). The molecule has 2 aromatic rings.